The van der Waals surface area contributed by atoms with Crippen LogP contribution in [0.5, 0.6) is 0 Å². The van der Waals surface area contributed by atoms with E-state index < -0.39 is 29.2 Å². The molecule has 198 valence electrons. The fraction of sp³-hybridized carbons (Fsp3) is 0.476. The van der Waals surface area contributed by atoms with Crippen molar-refractivity contribution in [3.63, 3.8) is 0 Å². The van der Waals surface area contributed by atoms with E-state index in [0.717, 1.165) is 42.2 Å². The van der Waals surface area contributed by atoms with E-state index in [1.54, 1.807) is 6.08 Å². The molecule has 3 aliphatic rings. The van der Waals surface area contributed by atoms with Gasteiger partial charge in [0, 0.05) is 17.3 Å². The van der Waals surface area contributed by atoms with Crippen molar-refractivity contribution in [3.8, 4) is 0 Å². The number of rotatable bonds is 9. The molecule has 4 heterocycles. The lowest BCUT2D eigenvalue weighted by molar-refractivity contribution is -0.907. The lowest BCUT2D eigenvalue weighted by Gasteiger charge is -2.49. The third-order valence-corrected chi connectivity index (χ3v) is 8.28. The summed E-state index contributed by atoms with van der Waals surface area (Å²) in [4.78, 5) is 49.8. The zero-order valence-electron chi connectivity index (χ0n) is 20.3. The molecule has 0 aromatic carbocycles. The molecular weight excluding hydrogens is 522 g/mol. The van der Waals surface area contributed by atoms with Crippen LogP contribution in [0.25, 0.3) is 0 Å². The Bertz CT molecular complexity index is 1190. The number of fused-ring (bicyclic) bond motifs is 1. The van der Waals surface area contributed by atoms with Crippen LogP contribution >= 0.6 is 23.3 Å². The van der Waals surface area contributed by atoms with E-state index in [1.165, 1.54) is 30.1 Å². The third-order valence-electron chi connectivity index (χ3n) is 6.44. The average molecular weight is 551 g/mol. The van der Waals surface area contributed by atoms with Gasteiger partial charge < -0.3 is 30.4 Å². The number of aromatic nitrogens is 2. The summed E-state index contributed by atoms with van der Waals surface area (Å²) in [5, 5.41) is 23.1. The first-order valence-corrected chi connectivity index (χ1v) is 13.2. The summed E-state index contributed by atoms with van der Waals surface area (Å²) in [5.74, 6) is -2.13. The number of carbonyl (C=O) groups excluding carboxylic acids is 2. The first kappa shape index (κ1) is 26.6. The molecule has 37 heavy (non-hydrogen) atoms. The maximum atomic E-state index is 13.0. The van der Waals surface area contributed by atoms with Gasteiger partial charge in [0.15, 0.2) is 5.13 Å². The minimum atomic E-state index is -1.20. The predicted octanol–water partition coefficient (Wildman–Crippen LogP) is -0.865. The first-order valence-electron chi connectivity index (χ1n) is 11.3. The number of carboxylic acids is 1. The summed E-state index contributed by atoms with van der Waals surface area (Å²) in [7, 11) is 3.39. The van der Waals surface area contributed by atoms with Crippen molar-refractivity contribution < 1.29 is 28.8 Å². The van der Waals surface area contributed by atoms with Crippen molar-refractivity contribution in [1.82, 2.24) is 24.5 Å². The highest BCUT2D eigenvalue weighted by atomic mass is 32.2. The molecule has 4 rings (SSSR count). The molecule has 14 nitrogen and oxygen atoms in total. The Hall–Kier alpha value is -3.50. The van der Waals surface area contributed by atoms with Gasteiger partial charge in [0.1, 0.15) is 24.2 Å². The number of nitrogens with one attached hydrogen (secondary N) is 2. The van der Waals surface area contributed by atoms with E-state index in [-0.39, 0.29) is 22.4 Å². The van der Waals surface area contributed by atoms with Gasteiger partial charge in [-0.1, -0.05) is 11.2 Å². The number of nitrogen functional groups attached to an aromatic ring is 1. The lowest BCUT2D eigenvalue weighted by atomic mass is 10.0. The number of thioether (sulfide) groups is 1. The molecule has 3 aliphatic heterocycles. The Kier molecular flexibility index (Phi) is 7.79. The quantitative estimate of drug-likeness (QED) is 0.0990. The molecule has 0 radical (unpaired) electrons. The van der Waals surface area contributed by atoms with Gasteiger partial charge >= 0.3 is 5.97 Å². The molecule has 1 aromatic heterocycles. The Balaban J connectivity index is 1.45. The van der Waals surface area contributed by atoms with E-state index in [1.807, 2.05) is 11.0 Å². The number of nitrogens with zero attached hydrogens (tertiary/aromatic N) is 6. The van der Waals surface area contributed by atoms with Crippen molar-refractivity contribution in [3.05, 3.63) is 29.2 Å². The van der Waals surface area contributed by atoms with Gasteiger partial charge in [-0.15, -0.1) is 11.8 Å². The average Bonchev–Trinajstić information content (AvgIpc) is 3.31. The zero-order valence-corrected chi connectivity index (χ0v) is 21.9. The van der Waals surface area contributed by atoms with Crippen LogP contribution in [0.2, 0.25) is 0 Å². The summed E-state index contributed by atoms with van der Waals surface area (Å²) >= 11 is 2.25. The van der Waals surface area contributed by atoms with E-state index >= 15 is 0 Å². The van der Waals surface area contributed by atoms with Crippen LogP contribution in [-0.2, 0) is 19.2 Å². The molecule has 0 bridgehead atoms. The number of hydrogen-bond donors (Lipinski definition) is 4. The monoisotopic (exact) mass is 550 g/mol. The number of carbonyl (C=O) groups is 3. The number of oxime groups is 1. The van der Waals surface area contributed by atoms with Crippen molar-refractivity contribution in [2.45, 2.75) is 11.4 Å². The number of piperazine rings is 1. The van der Waals surface area contributed by atoms with Crippen molar-refractivity contribution in [2.75, 3.05) is 58.4 Å². The molecule has 2 saturated heterocycles. The maximum absolute atomic E-state index is 13.0. The zero-order chi connectivity index (χ0) is 26.7. The lowest BCUT2D eigenvalue weighted by Crippen LogP contribution is -2.71. The maximum Gasteiger partial charge on any atom is 0.352 e. The molecule has 2 fully saturated rings. The number of allylic oxidation sites excluding steroid dienone is 1. The second-order valence-corrected chi connectivity index (χ2v) is 10.8. The standard InChI is InChI=1S/C21H27N9O5S2/c1-30(8-5-28(11-22)6-9-30)7-3-4-12-10-36-19-14(18(32)29(19)15(12)20(33)34)24-17(31)13(26-35-2)16-25-21(23)37-27-16/h3-4,11,14,19,22H,5-10H2,1-2H3,(H3-,23,24,25,27,31,33,34)/p+1/b4-3+,22-11?,26-13-/t14-,19+/m1/s1. The number of likely N-dealkylation sites (N-methyl/N-ethyl adjacent to an activating group) is 1. The number of quaternary nitrogens is 1. The number of anilines is 1. The highest BCUT2D eigenvalue weighted by Gasteiger charge is 2.54. The van der Waals surface area contributed by atoms with Crippen LogP contribution in [0.1, 0.15) is 5.82 Å². The second-order valence-electron chi connectivity index (χ2n) is 8.94. The summed E-state index contributed by atoms with van der Waals surface area (Å²) in [6.07, 6.45) is 5.08. The number of nitrogens with two attached hydrogens (primary N) is 1. The van der Waals surface area contributed by atoms with Gasteiger partial charge in [0.2, 0.25) is 11.5 Å². The Morgan fingerprint density at radius 1 is 1.41 bits per heavy atom. The molecule has 5 N–H and O–H groups in total. The molecule has 0 spiro atoms. The minimum absolute atomic E-state index is 0.0316. The summed E-state index contributed by atoms with van der Waals surface area (Å²) < 4.78 is 4.74. The SMILES string of the molecule is CO/N=C(\C(=O)N[C@@H]1C(=O)N2C(C(=O)O)=C(/C=C/C[N+]3(C)CCN(C=N)CC3)CS[C@@H]12)c1nsc(N)n1. The van der Waals surface area contributed by atoms with E-state index in [9.17, 15) is 19.5 Å². The second kappa shape index (κ2) is 10.9. The Morgan fingerprint density at radius 3 is 2.73 bits per heavy atom. The molecule has 2 atom stereocenters. The normalized spacial score (nSPS) is 23.5. The van der Waals surface area contributed by atoms with Gasteiger partial charge in [0.25, 0.3) is 11.8 Å². The Morgan fingerprint density at radius 2 is 2.14 bits per heavy atom. The fourth-order valence-electron chi connectivity index (χ4n) is 4.31. The predicted molar refractivity (Wildman–Crippen MR) is 138 cm³/mol. The van der Waals surface area contributed by atoms with E-state index in [4.69, 9.17) is 16.0 Å². The highest BCUT2D eigenvalue weighted by molar-refractivity contribution is 8.00. The molecule has 0 unspecified atom stereocenters. The third kappa shape index (κ3) is 5.45. The summed E-state index contributed by atoms with van der Waals surface area (Å²) in [6, 6.07) is -0.940. The molecule has 1 aromatic rings. The first-order chi connectivity index (χ1) is 17.7. The molecular formula is C21H28N9O5S2+. The molecule has 16 heteroatoms. The van der Waals surface area contributed by atoms with Crippen LogP contribution in [0.3, 0.4) is 0 Å². The minimum Gasteiger partial charge on any atom is -0.477 e. The number of aliphatic carboxylic acids is 1. The van der Waals surface area contributed by atoms with Gasteiger partial charge in [-0.2, -0.15) is 9.36 Å². The van der Waals surface area contributed by atoms with Crippen molar-refractivity contribution in [1.29, 1.82) is 5.41 Å². The molecule has 0 aliphatic carbocycles. The number of β-lactam (4-membered cyclic amide) rings is 1. The van der Waals surface area contributed by atoms with Crippen LogP contribution < -0.4 is 11.1 Å². The van der Waals surface area contributed by atoms with Gasteiger partial charge in [-0.25, -0.2) is 4.79 Å². The number of amides is 2. The van der Waals surface area contributed by atoms with Crippen molar-refractivity contribution in [2.24, 2.45) is 5.16 Å². The van der Waals surface area contributed by atoms with Crippen LogP contribution in [0, 0.1) is 5.41 Å². The molecule has 0 saturated carbocycles. The van der Waals surface area contributed by atoms with Crippen LogP contribution in [0.4, 0.5) is 5.13 Å². The summed E-state index contributed by atoms with van der Waals surface area (Å²) in [5.41, 5.74) is 5.82. The highest BCUT2D eigenvalue weighted by Crippen LogP contribution is 2.40. The summed E-state index contributed by atoms with van der Waals surface area (Å²) in [6.45, 7) is 4.06. The number of hydrogen-bond acceptors (Lipinski definition) is 11. The Labute approximate surface area is 221 Å². The van der Waals surface area contributed by atoms with Crippen LogP contribution in [0.15, 0.2) is 28.6 Å². The van der Waals surface area contributed by atoms with Gasteiger partial charge in [0.05, 0.1) is 46.1 Å². The van der Waals surface area contributed by atoms with Crippen molar-refractivity contribution >= 4 is 58.3 Å². The van der Waals surface area contributed by atoms with Gasteiger partial charge in [-0.05, 0) is 11.6 Å². The topological polar surface area (TPSA) is 187 Å². The van der Waals surface area contributed by atoms with Gasteiger partial charge in [-0.3, -0.25) is 19.9 Å². The smallest absolute Gasteiger partial charge is 0.352 e. The fourth-order valence-corrected chi connectivity index (χ4v) is 6.06. The van der Waals surface area contributed by atoms with E-state index in [2.05, 4.69) is 26.9 Å². The number of carboxylic acid groups (broad SMARTS) is 1. The van der Waals surface area contributed by atoms with Crippen LogP contribution in [-0.4, -0.2) is 123 Å². The van der Waals surface area contributed by atoms with E-state index in [0.29, 0.717) is 17.9 Å². The largest absolute Gasteiger partial charge is 0.477 e. The molecule has 2 amide bonds.